The Bertz CT molecular complexity index is 2600. The van der Waals surface area contributed by atoms with Crippen molar-refractivity contribution in [3.63, 3.8) is 0 Å². The van der Waals surface area contributed by atoms with Gasteiger partial charge in [-0.1, -0.05) is 104 Å². The molecule has 3 aliphatic heterocycles. The van der Waals surface area contributed by atoms with E-state index in [0.29, 0.717) is 46.9 Å². The van der Waals surface area contributed by atoms with Gasteiger partial charge in [0.2, 0.25) is 11.6 Å². The van der Waals surface area contributed by atoms with Crippen LogP contribution in [-0.2, 0) is 15.6 Å². The largest absolute Gasteiger partial charge is 0.372 e. The number of likely N-dealkylation sites (N-methyl/N-ethyl adjacent to an activating group) is 1. The van der Waals surface area contributed by atoms with Gasteiger partial charge in [0.1, 0.15) is 19.2 Å². The Balaban J connectivity index is 1.11. The summed E-state index contributed by atoms with van der Waals surface area (Å²) >= 11 is 5.62. The second kappa shape index (κ2) is 18.4. The summed E-state index contributed by atoms with van der Waals surface area (Å²) in [5.41, 5.74) is 9.40. The Kier molecular flexibility index (Phi) is 13.1. The molecule has 1 saturated heterocycles. The molecule has 9 heteroatoms. The fraction of sp³-hybridized carbons (Fsp3) is 0.315. The van der Waals surface area contributed by atoms with Crippen LogP contribution in [0.2, 0.25) is 0 Å². The maximum atomic E-state index is 13.9. The number of ketones is 2. The Hall–Kier alpha value is -6.03. The van der Waals surface area contributed by atoms with Gasteiger partial charge in [-0.2, -0.15) is 4.58 Å². The van der Waals surface area contributed by atoms with Gasteiger partial charge in [0, 0.05) is 76.9 Å². The first-order valence-electron chi connectivity index (χ1n) is 22.0. The molecule has 2 unspecified atom stereocenters. The van der Waals surface area contributed by atoms with Gasteiger partial charge in [0.25, 0.3) is 0 Å². The lowest BCUT2D eigenvalue weighted by Crippen LogP contribution is -2.61. The van der Waals surface area contributed by atoms with Crippen molar-refractivity contribution in [3.8, 4) is 0 Å². The molecule has 0 spiro atoms. The van der Waals surface area contributed by atoms with Crippen molar-refractivity contribution in [2.45, 2.75) is 77.9 Å². The van der Waals surface area contributed by atoms with Crippen LogP contribution >= 0.6 is 12.2 Å². The summed E-state index contributed by atoms with van der Waals surface area (Å²) in [6, 6.07) is 30.7. The van der Waals surface area contributed by atoms with Crippen molar-refractivity contribution in [3.05, 3.63) is 178 Å². The molecule has 0 bridgehead atoms. The molecular formula is C54H59N4O4S+. The van der Waals surface area contributed by atoms with Crippen molar-refractivity contribution in [1.29, 1.82) is 0 Å². The van der Waals surface area contributed by atoms with E-state index in [1.54, 1.807) is 9.80 Å². The van der Waals surface area contributed by atoms with Crippen LogP contribution in [0.25, 0.3) is 0 Å². The first-order chi connectivity index (χ1) is 30.1. The molecule has 3 heterocycles. The zero-order valence-corrected chi connectivity index (χ0v) is 38.6. The minimum atomic E-state index is -1.07. The number of hydrogen-bond acceptors (Lipinski definition) is 6. The first kappa shape index (κ1) is 45.0. The molecule has 0 aromatic heterocycles. The van der Waals surface area contributed by atoms with Crippen LogP contribution < -0.4 is 4.90 Å². The SMILES string of the molecule is CCN1C(=O)C(/C=C(\C=CC2=[N+](C)c3ccc(C(=O)c4ccccc4)cc3C2(C)C)CCC/C=C/C=C2N(C)c3ccc(C(=O)c4ccccc4)cc3C2(C)C)C(O)N(CC)C1=S. The first-order valence-corrected chi connectivity index (χ1v) is 22.4. The number of amides is 1. The van der Waals surface area contributed by atoms with Crippen LogP contribution in [0.5, 0.6) is 0 Å². The fourth-order valence-corrected chi connectivity index (χ4v) is 9.88. The average Bonchev–Trinajstić information content (AvgIpc) is 3.60. The molecule has 2 atom stereocenters. The second-order valence-electron chi connectivity index (χ2n) is 17.6. The third-order valence-corrected chi connectivity index (χ3v) is 13.5. The molecular weight excluding hydrogens is 801 g/mol. The van der Waals surface area contributed by atoms with E-state index in [1.807, 2.05) is 124 Å². The van der Waals surface area contributed by atoms with Crippen molar-refractivity contribution in [1.82, 2.24) is 9.80 Å². The fourth-order valence-electron chi connectivity index (χ4n) is 9.42. The number of nitrogens with zero attached hydrogens (tertiary/aromatic N) is 4. The molecule has 8 nitrogen and oxygen atoms in total. The number of anilines is 1. The van der Waals surface area contributed by atoms with E-state index in [0.717, 1.165) is 52.3 Å². The molecule has 0 radical (unpaired) electrons. The minimum absolute atomic E-state index is 0.0105. The smallest absolute Gasteiger partial charge is 0.240 e. The third-order valence-electron chi connectivity index (χ3n) is 13.1. The maximum Gasteiger partial charge on any atom is 0.240 e. The molecule has 63 heavy (non-hydrogen) atoms. The van der Waals surface area contributed by atoms with Crippen molar-refractivity contribution >= 4 is 51.9 Å². The van der Waals surface area contributed by atoms with Crippen molar-refractivity contribution < 1.29 is 24.1 Å². The highest BCUT2D eigenvalue weighted by atomic mass is 32.1. The number of benzene rings is 4. The summed E-state index contributed by atoms with van der Waals surface area (Å²) in [5.74, 6) is -0.984. The normalized spacial score (nSPS) is 20.1. The second-order valence-corrected chi connectivity index (χ2v) is 18.0. The van der Waals surface area contributed by atoms with E-state index < -0.39 is 17.6 Å². The highest BCUT2D eigenvalue weighted by Crippen LogP contribution is 2.47. The number of aliphatic hydroxyl groups is 1. The van der Waals surface area contributed by atoms with E-state index in [2.05, 4.69) is 74.6 Å². The van der Waals surface area contributed by atoms with Gasteiger partial charge in [0.15, 0.2) is 22.4 Å². The van der Waals surface area contributed by atoms with Gasteiger partial charge in [-0.15, -0.1) is 0 Å². The molecule has 7 rings (SSSR count). The van der Waals surface area contributed by atoms with Crippen molar-refractivity contribution in [2.24, 2.45) is 5.92 Å². The molecule has 0 aliphatic carbocycles. The van der Waals surface area contributed by atoms with Gasteiger partial charge < -0.3 is 14.9 Å². The number of fused-ring (bicyclic) bond motifs is 2. The van der Waals surface area contributed by atoms with E-state index in [-0.39, 0.29) is 22.9 Å². The minimum Gasteiger partial charge on any atom is -0.372 e. The lowest BCUT2D eigenvalue weighted by Gasteiger charge is -2.43. The molecule has 4 aromatic carbocycles. The lowest BCUT2D eigenvalue weighted by molar-refractivity contribution is -0.401. The van der Waals surface area contributed by atoms with E-state index in [1.165, 1.54) is 0 Å². The number of carbonyl (C=O) groups excluding carboxylic acids is 3. The Morgan fingerprint density at radius 3 is 2.02 bits per heavy atom. The maximum absolute atomic E-state index is 13.9. The number of allylic oxidation sites excluding steroid dienone is 7. The Labute approximate surface area is 378 Å². The van der Waals surface area contributed by atoms with Crippen LogP contribution in [0, 0.1) is 5.92 Å². The lowest BCUT2D eigenvalue weighted by atomic mass is 9.80. The van der Waals surface area contributed by atoms with E-state index >= 15 is 0 Å². The number of aliphatic hydroxyl groups excluding tert-OH is 1. The van der Waals surface area contributed by atoms with Crippen LogP contribution in [0.1, 0.15) is 104 Å². The summed E-state index contributed by atoms with van der Waals surface area (Å²) < 4.78 is 2.18. The summed E-state index contributed by atoms with van der Waals surface area (Å²) in [4.78, 5) is 46.1. The summed E-state index contributed by atoms with van der Waals surface area (Å²) in [7, 11) is 4.12. The van der Waals surface area contributed by atoms with Gasteiger partial charge >= 0.3 is 0 Å². The molecule has 4 aromatic rings. The standard InChI is InChI=1S/C54H59N4O4S/c1-9-57-50(61)41(51(62)58(10-2)52(57)63)33-36(27-32-47-54(5,6)43-35-40(29-31-45(43)56(47)8)49(60)38-24-18-14-19-25-38)21-15-11-12-20-26-46-53(3,4)42-34-39(28-30-44(42)55(46)7)48(59)37-22-16-13-17-23-37/h12-14,16-20,22-35,41,50,61H,9-11,15,21H2,1-8H3/q+1/b20-12+,32-27?,36-33-,46-26?. The highest BCUT2D eigenvalue weighted by Gasteiger charge is 2.44. The third kappa shape index (κ3) is 8.56. The van der Waals surface area contributed by atoms with Gasteiger partial charge in [-0.05, 0) is 101 Å². The number of unbranched alkanes of at least 4 members (excludes halogenated alkanes) is 1. The zero-order valence-electron chi connectivity index (χ0n) is 37.8. The molecule has 324 valence electrons. The van der Waals surface area contributed by atoms with E-state index in [4.69, 9.17) is 12.2 Å². The Morgan fingerprint density at radius 1 is 0.810 bits per heavy atom. The molecule has 1 fully saturated rings. The summed E-state index contributed by atoms with van der Waals surface area (Å²) in [5, 5.41) is 11.9. The van der Waals surface area contributed by atoms with Crippen LogP contribution in [-0.4, -0.2) is 81.2 Å². The van der Waals surface area contributed by atoms with Gasteiger partial charge in [-0.25, -0.2) is 0 Å². The summed E-state index contributed by atoms with van der Waals surface area (Å²) in [6.45, 7) is 13.5. The number of rotatable bonds is 14. The van der Waals surface area contributed by atoms with Crippen LogP contribution in [0.15, 0.2) is 145 Å². The zero-order chi connectivity index (χ0) is 45.2. The van der Waals surface area contributed by atoms with Crippen LogP contribution in [0.3, 0.4) is 0 Å². The predicted octanol–water partition coefficient (Wildman–Crippen LogP) is 10.1. The number of thiocarbonyl (C=S) groups is 1. The molecule has 0 saturated carbocycles. The van der Waals surface area contributed by atoms with Crippen LogP contribution in [0.4, 0.5) is 11.4 Å². The average molecular weight is 860 g/mol. The van der Waals surface area contributed by atoms with Crippen molar-refractivity contribution in [2.75, 3.05) is 32.1 Å². The summed E-state index contributed by atoms with van der Waals surface area (Å²) in [6.07, 6.45) is 13.8. The molecule has 1 amide bonds. The highest BCUT2D eigenvalue weighted by molar-refractivity contribution is 7.80. The van der Waals surface area contributed by atoms with Gasteiger partial charge in [0.05, 0.1) is 5.41 Å². The quantitative estimate of drug-likeness (QED) is 0.0445. The van der Waals surface area contributed by atoms with Gasteiger partial charge in [-0.3, -0.25) is 19.3 Å². The number of carbonyl (C=O) groups is 3. The van der Waals surface area contributed by atoms with E-state index in [9.17, 15) is 19.5 Å². The number of hydrogen-bond donors (Lipinski definition) is 1. The molecule has 1 N–H and O–H groups in total. The monoisotopic (exact) mass is 859 g/mol. The molecule has 3 aliphatic rings. The topological polar surface area (TPSA) is 84.2 Å². The Morgan fingerprint density at radius 2 is 1.41 bits per heavy atom. The predicted molar refractivity (Wildman–Crippen MR) is 258 cm³/mol.